The van der Waals surface area contributed by atoms with Gasteiger partial charge in [0.2, 0.25) is 0 Å². The molecular formula is C19H31N3. The second-order valence-electron chi connectivity index (χ2n) is 6.81. The number of piperidine rings is 1. The molecule has 0 spiro atoms. The zero-order chi connectivity index (χ0) is 15.0. The zero-order valence-electron chi connectivity index (χ0n) is 13.9. The Morgan fingerprint density at radius 3 is 1.73 bits per heavy atom. The van der Waals surface area contributed by atoms with Crippen molar-refractivity contribution in [3.8, 4) is 0 Å². The van der Waals surface area contributed by atoms with Gasteiger partial charge in [-0.1, -0.05) is 30.7 Å². The Morgan fingerprint density at radius 1 is 0.682 bits per heavy atom. The SMILES string of the molecule is c1cc(CCN2CCNCC2)ccc1CCN1CCCCC1. The van der Waals surface area contributed by atoms with Crippen molar-refractivity contribution in [2.24, 2.45) is 0 Å². The maximum absolute atomic E-state index is 3.42. The van der Waals surface area contributed by atoms with Gasteiger partial charge in [0.25, 0.3) is 0 Å². The van der Waals surface area contributed by atoms with E-state index in [0.29, 0.717) is 0 Å². The summed E-state index contributed by atoms with van der Waals surface area (Å²) in [4.78, 5) is 5.20. The quantitative estimate of drug-likeness (QED) is 0.869. The maximum atomic E-state index is 3.42. The van der Waals surface area contributed by atoms with Crippen LogP contribution in [-0.4, -0.2) is 62.2 Å². The average Bonchev–Trinajstić information content (AvgIpc) is 2.61. The molecule has 3 rings (SSSR count). The molecule has 3 nitrogen and oxygen atoms in total. The van der Waals surface area contributed by atoms with Gasteiger partial charge in [0.05, 0.1) is 0 Å². The third kappa shape index (κ3) is 5.08. The summed E-state index contributed by atoms with van der Waals surface area (Å²) < 4.78 is 0. The number of hydrogen-bond donors (Lipinski definition) is 1. The molecule has 1 aromatic rings. The normalized spacial score (nSPS) is 21.1. The Labute approximate surface area is 135 Å². The van der Waals surface area contributed by atoms with E-state index in [9.17, 15) is 0 Å². The summed E-state index contributed by atoms with van der Waals surface area (Å²) in [6.45, 7) is 9.76. The Hall–Kier alpha value is -0.900. The standard InChI is InChI=1S/C19H31N3/c1-2-12-21(13-3-1)14-8-18-4-6-19(7-5-18)9-15-22-16-10-20-11-17-22/h4-7,20H,1-3,8-17H2. The molecule has 1 aromatic carbocycles. The Morgan fingerprint density at radius 2 is 1.18 bits per heavy atom. The average molecular weight is 301 g/mol. The summed E-state index contributed by atoms with van der Waals surface area (Å²) in [5.41, 5.74) is 2.98. The Kier molecular flexibility index (Phi) is 6.29. The van der Waals surface area contributed by atoms with Crippen molar-refractivity contribution in [2.45, 2.75) is 32.1 Å². The summed E-state index contributed by atoms with van der Waals surface area (Å²) in [5.74, 6) is 0. The number of likely N-dealkylation sites (tertiary alicyclic amines) is 1. The van der Waals surface area contributed by atoms with Crippen LogP contribution in [0.25, 0.3) is 0 Å². The first-order valence-corrected chi connectivity index (χ1v) is 9.13. The van der Waals surface area contributed by atoms with Gasteiger partial charge in [0.15, 0.2) is 0 Å². The molecule has 0 unspecified atom stereocenters. The number of benzene rings is 1. The first-order valence-electron chi connectivity index (χ1n) is 9.13. The van der Waals surface area contributed by atoms with Gasteiger partial charge < -0.3 is 15.1 Å². The number of rotatable bonds is 6. The highest BCUT2D eigenvalue weighted by molar-refractivity contribution is 5.23. The van der Waals surface area contributed by atoms with Gasteiger partial charge in [-0.15, -0.1) is 0 Å². The van der Waals surface area contributed by atoms with Gasteiger partial charge in [-0.25, -0.2) is 0 Å². The van der Waals surface area contributed by atoms with Crippen molar-refractivity contribution in [3.63, 3.8) is 0 Å². The van der Waals surface area contributed by atoms with Crippen LogP contribution >= 0.6 is 0 Å². The van der Waals surface area contributed by atoms with Gasteiger partial charge in [-0.2, -0.15) is 0 Å². The molecule has 2 saturated heterocycles. The highest BCUT2D eigenvalue weighted by Gasteiger charge is 2.10. The number of hydrogen-bond acceptors (Lipinski definition) is 3. The van der Waals surface area contributed by atoms with Crippen molar-refractivity contribution >= 4 is 0 Å². The second kappa shape index (κ2) is 8.66. The zero-order valence-corrected chi connectivity index (χ0v) is 13.9. The third-order valence-corrected chi connectivity index (χ3v) is 5.11. The van der Waals surface area contributed by atoms with Crippen LogP contribution in [0.1, 0.15) is 30.4 Å². The van der Waals surface area contributed by atoms with E-state index in [1.807, 2.05) is 0 Å². The number of piperazine rings is 1. The molecule has 1 N–H and O–H groups in total. The van der Waals surface area contributed by atoms with Gasteiger partial charge in [0.1, 0.15) is 0 Å². The minimum atomic E-state index is 1.15. The van der Waals surface area contributed by atoms with Crippen LogP contribution in [0.4, 0.5) is 0 Å². The van der Waals surface area contributed by atoms with E-state index in [-0.39, 0.29) is 0 Å². The molecule has 0 atom stereocenters. The highest BCUT2D eigenvalue weighted by Crippen LogP contribution is 2.11. The van der Waals surface area contributed by atoms with Crippen molar-refractivity contribution in [2.75, 3.05) is 52.4 Å². The molecule has 2 heterocycles. The molecule has 122 valence electrons. The van der Waals surface area contributed by atoms with Crippen molar-refractivity contribution in [1.29, 1.82) is 0 Å². The monoisotopic (exact) mass is 301 g/mol. The number of nitrogens with one attached hydrogen (secondary N) is 1. The fourth-order valence-electron chi connectivity index (χ4n) is 3.56. The predicted octanol–water partition coefficient (Wildman–Crippen LogP) is 2.16. The van der Waals surface area contributed by atoms with E-state index in [1.54, 1.807) is 0 Å². The molecule has 0 saturated carbocycles. The molecule has 0 radical (unpaired) electrons. The largest absolute Gasteiger partial charge is 0.314 e. The molecule has 2 fully saturated rings. The van der Waals surface area contributed by atoms with E-state index in [0.717, 1.165) is 13.1 Å². The van der Waals surface area contributed by atoms with Crippen LogP contribution in [0.2, 0.25) is 0 Å². The summed E-state index contributed by atoms with van der Waals surface area (Å²) in [7, 11) is 0. The lowest BCUT2D eigenvalue weighted by atomic mass is 10.1. The molecule has 0 aromatic heterocycles. The second-order valence-corrected chi connectivity index (χ2v) is 6.81. The van der Waals surface area contributed by atoms with E-state index in [4.69, 9.17) is 0 Å². The van der Waals surface area contributed by atoms with Gasteiger partial charge >= 0.3 is 0 Å². The minimum absolute atomic E-state index is 1.15. The highest BCUT2D eigenvalue weighted by atomic mass is 15.2. The topological polar surface area (TPSA) is 18.5 Å². The lowest BCUT2D eigenvalue weighted by molar-refractivity contribution is 0.231. The van der Waals surface area contributed by atoms with Crippen LogP contribution in [0.5, 0.6) is 0 Å². The molecule has 2 aliphatic rings. The van der Waals surface area contributed by atoms with Crippen LogP contribution in [0.15, 0.2) is 24.3 Å². The first-order chi connectivity index (χ1) is 10.9. The molecule has 3 heteroatoms. The van der Waals surface area contributed by atoms with Gasteiger partial charge in [-0.05, 0) is 49.9 Å². The van der Waals surface area contributed by atoms with Crippen LogP contribution < -0.4 is 5.32 Å². The van der Waals surface area contributed by atoms with E-state index >= 15 is 0 Å². The smallest absolute Gasteiger partial charge is 0.0108 e. The van der Waals surface area contributed by atoms with Crippen molar-refractivity contribution < 1.29 is 0 Å². The molecule has 0 aliphatic carbocycles. The first kappa shape index (κ1) is 16.0. The Balaban J connectivity index is 1.39. The Bertz CT molecular complexity index is 376. The predicted molar refractivity (Wildman–Crippen MR) is 93.5 cm³/mol. The fraction of sp³-hybridized carbons (Fsp3) is 0.684. The summed E-state index contributed by atoms with van der Waals surface area (Å²) in [5, 5.41) is 3.42. The molecule has 0 bridgehead atoms. The third-order valence-electron chi connectivity index (χ3n) is 5.11. The lowest BCUT2D eigenvalue weighted by Crippen LogP contribution is -2.44. The van der Waals surface area contributed by atoms with Crippen LogP contribution in [0, 0.1) is 0 Å². The maximum Gasteiger partial charge on any atom is 0.0108 e. The van der Waals surface area contributed by atoms with Crippen molar-refractivity contribution in [3.05, 3.63) is 35.4 Å². The molecular weight excluding hydrogens is 270 g/mol. The number of nitrogens with zero attached hydrogens (tertiary/aromatic N) is 2. The van der Waals surface area contributed by atoms with Crippen LogP contribution in [0.3, 0.4) is 0 Å². The molecule has 0 amide bonds. The fourth-order valence-corrected chi connectivity index (χ4v) is 3.56. The molecule has 22 heavy (non-hydrogen) atoms. The van der Waals surface area contributed by atoms with Gasteiger partial charge in [0, 0.05) is 39.3 Å². The summed E-state index contributed by atoms with van der Waals surface area (Å²) in [6.07, 6.45) is 6.61. The van der Waals surface area contributed by atoms with Gasteiger partial charge in [-0.3, -0.25) is 0 Å². The van der Waals surface area contributed by atoms with Crippen molar-refractivity contribution in [1.82, 2.24) is 15.1 Å². The lowest BCUT2D eigenvalue weighted by Gasteiger charge is -2.27. The van der Waals surface area contributed by atoms with E-state index in [2.05, 4.69) is 39.4 Å². The summed E-state index contributed by atoms with van der Waals surface area (Å²) in [6, 6.07) is 9.37. The minimum Gasteiger partial charge on any atom is -0.314 e. The van der Waals surface area contributed by atoms with E-state index in [1.165, 1.54) is 82.5 Å². The molecule has 2 aliphatic heterocycles. The van der Waals surface area contributed by atoms with Crippen LogP contribution in [-0.2, 0) is 12.8 Å². The summed E-state index contributed by atoms with van der Waals surface area (Å²) >= 11 is 0. The van der Waals surface area contributed by atoms with E-state index < -0.39 is 0 Å².